The fourth-order valence-corrected chi connectivity index (χ4v) is 4.53. The number of aromatic nitrogens is 1. The Balaban J connectivity index is 1.38. The number of thiocarbonyl (C=S) groups is 1. The molecule has 4 rings (SSSR count). The van der Waals surface area contributed by atoms with Crippen LogP contribution in [0.1, 0.15) is 0 Å². The molecule has 6 nitrogen and oxygen atoms in total. The van der Waals surface area contributed by atoms with Crippen LogP contribution in [-0.4, -0.2) is 28.9 Å². The van der Waals surface area contributed by atoms with Crippen LogP contribution in [0.25, 0.3) is 22.6 Å². The highest BCUT2D eigenvalue weighted by Crippen LogP contribution is 2.32. The second-order valence-corrected chi connectivity index (χ2v) is 9.54. The third-order valence-corrected chi connectivity index (χ3v) is 6.57. The van der Waals surface area contributed by atoms with Crippen molar-refractivity contribution >= 4 is 79.3 Å². The van der Waals surface area contributed by atoms with Gasteiger partial charge < -0.3 is 19.8 Å². The topological polar surface area (TPSA) is 76.4 Å². The van der Waals surface area contributed by atoms with Crippen molar-refractivity contribution in [2.24, 2.45) is 0 Å². The molecule has 2 N–H and O–H groups in total. The van der Waals surface area contributed by atoms with E-state index in [1.165, 1.54) is 11.8 Å². The molecular weight excluding hydrogens is 546 g/mol. The molecule has 4 aromatic rings. The van der Waals surface area contributed by atoms with E-state index in [1.54, 1.807) is 25.3 Å². The normalized spacial score (nSPS) is 10.8. The third-order valence-electron chi connectivity index (χ3n) is 4.48. The summed E-state index contributed by atoms with van der Waals surface area (Å²) >= 11 is 16.0. The van der Waals surface area contributed by atoms with Crippen LogP contribution in [0.5, 0.6) is 5.75 Å². The van der Waals surface area contributed by atoms with E-state index in [-0.39, 0.29) is 16.8 Å². The Morgan fingerprint density at radius 2 is 1.97 bits per heavy atom. The van der Waals surface area contributed by atoms with Crippen LogP contribution in [-0.2, 0) is 4.79 Å². The summed E-state index contributed by atoms with van der Waals surface area (Å²) in [4.78, 5) is 17.7. The Kier molecular flexibility index (Phi) is 7.54. The molecule has 1 amide bonds. The van der Waals surface area contributed by atoms with Gasteiger partial charge >= 0.3 is 0 Å². The summed E-state index contributed by atoms with van der Waals surface area (Å²) < 4.78 is 11.9. The van der Waals surface area contributed by atoms with Crippen molar-refractivity contribution in [3.8, 4) is 17.2 Å². The maximum Gasteiger partial charge on any atom is 0.236 e. The highest BCUT2D eigenvalue weighted by molar-refractivity contribution is 9.10. The summed E-state index contributed by atoms with van der Waals surface area (Å²) in [5.41, 5.74) is 2.80. The molecule has 1 heterocycles. The van der Waals surface area contributed by atoms with E-state index in [2.05, 4.69) is 31.5 Å². The van der Waals surface area contributed by atoms with Crippen LogP contribution in [0, 0.1) is 0 Å². The first-order valence-electron chi connectivity index (χ1n) is 9.65. The van der Waals surface area contributed by atoms with Gasteiger partial charge in [0.1, 0.15) is 11.3 Å². The summed E-state index contributed by atoms with van der Waals surface area (Å²) in [6.07, 6.45) is 0. The summed E-state index contributed by atoms with van der Waals surface area (Å²) in [7, 11) is 1.61. The highest BCUT2D eigenvalue weighted by atomic mass is 79.9. The molecule has 0 bridgehead atoms. The second-order valence-electron chi connectivity index (χ2n) is 6.80. The smallest absolute Gasteiger partial charge is 0.236 e. The zero-order valence-corrected chi connectivity index (χ0v) is 21.2. The van der Waals surface area contributed by atoms with Crippen molar-refractivity contribution in [3.05, 3.63) is 70.2 Å². The van der Waals surface area contributed by atoms with Crippen molar-refractivity contribution in [3.63, 3.8) is 0 Å². The zero-order valence-electron chi connectivity index (χ0n) is 17.2. The molecule has 0 unspecified atom stereocenters. The number of nitrogens with one attached hydrogen (secondary N) is 2. The number of halogens is 2. The SMILES string of the molecule is COc1ccc(-c2nc3cc(NC(=S)NC(=O)CSc4ccc(Cl)cc4)ccc3o2)cc1Br. The number of hydrogen-bond acceptors (Lipinski definition) is 6. The molecule has 0 saturated carbocycles. The van der Waals surface area contributed by atoms with E-state index in [4.69, 9.17) is 33.0 Å². The molecular formula is C23H17BrClN3O3S2. The van der Waals surface area contributed by atoms with E-state index >= 15 is 0 Å². The molecule has 0 radical (unpaired) electrons. The van der Waals surface area contributed by atoms with Crippen molar-refractivity contribution in [2.45, 2.75) is 4.90 Å². The number of oxazole rings is 1. The molecule has 168 valence electrons. The van der Waals surface area contributed by atoms with E-state index in [1.807, 2.05) is 42.5 Å². The summed E-state index contributed by atoms with van der Waals surface area (Å²) in [6.45, 7) is 0. The molecule has 0 aliphatic heterocycles. The predicted molar refractivity (Wildman–Crippen MR) is 140 cm³/mol. The summed E-state index contributed by atoms with van der Waals surface area (Å²) in [6, 6.07) is 18.3. The molecule has 1 aromatic heterocycles. The third kappa shape index (κ3) is 6.05. The van der Waals surface area contributed by atoms with Crippen LogP contribution in [0.3, 0.4) is 0 Å². The Labute approximate surface area is 213 Å². The first-order chi connectivity index (χ1) is 15.9. The van der Waals surface area contributed by atoms with Crippen molar-refractivity contribution in [2.75, 3.05) is 18.2 Å². The number of carbonyl (C=O) groups excluding carboxylic acids is 1. The number of carbonyl (C=O) groups is 1. The van der Waals surface area contributed by atoms with Gasteiger partial charge in [0, 0.05) is 21.2 Å². The van der Waals surface area contributed by atoms with Crippen molar-refractivity contribution < 1.29 is 13.9 Å². The monoisotopic (exact) mass is 561 g/mol. The van der Waals surface area contributed by atoms with Gasteiger partial charge in [0.2, 0.25) is 11.8 Å². The van der Waals surface area contributed by atoms with Crippen LogP contribution in [0.15, 0.2) is 74.4 Å². The van der Waals surface area contributed by atoms with Crippen LogP contribution < -0.4 is 15.4 Å². The maximum atomic E-state index is 12.2. The minimum Gasteiger partial charge on any atom is -0.496 e. The molecule has 3 aromatic carbocycles. The van der Waals surface area contributed by atoms with Crippen LogP contribution >= 0.6 is 51.5 Å². The van der Waals surface area contributed by atoms with Gasteiger partial charge in [-0.25, -0.2) is 4.98 Å². The Morgan fingerprint density at radius 3 is 2.70 bits per heavy atom. The van der Waals surface area contributed by atoms with E-state index in [0.29, 0.717) is 27.7 Å². The lowest BCUT2D eigenvalue weighted by Gasteiger charge is -2.09. The number of ether oxygens (including phenoxy) is 1. The number of methoxy groups -OCH3 is 1. The number of fused-ring (bicyclic) bond motifs is 1. The average molecular weight is 563 g/mol. The van der Waals surface area contributed by atoms with Gasteiger partial charge in [-0.15, -0.1) is 11.8 Å². The largest absolute Gasteiger partial charge is 0.496 e. The second kappa shape index (κ2) is 10.6. The molecule has 0 fully saturated rings. The number of hydrogen-bond donors (Lipinski definition) is 2. The molecule has 10 heteroatoms. The van der Waals surface area contributed by atoms with Crippen molar-refractivity contribution in [1.29, 1.82) is 0 Å². The molecule has 0 aliphatic carbocycles. The average Bonchev–Trinajstić information content (AvgIpc) is 3.22. The van der Waals surface area contributed by atoms with Gasteiger partial charge in [0.05, 0.1) is 17.3 Å². The molecule has 33 heavy (non-hydrogen) atoms. The minimum atomic E-state index is -0.206. The lowest BCUT2D eigenvalue weighted by molar-refractivity contribution is -0.117. The van der Waals surface area contributed by atoms with Crippen molar-refractivity contribution in [1.82, 2.24) is 10.3 Å². The van der Waals surface area contributed by atoms with Gasteiger partial charge in [-0.05, 0) is 88.8 Å². The van der Waals surface area contributed by atoms with E-state index in [9.17, 15) is 4.79 Å². The lowest BCUT2D eigenvalue weighted by atomic mass is 10.2. The highest BCUT2D eigenvalue weighted by Gasteiger charge is 2.12. The lowest BCUT2D eigenvalue weighted by Crippen LogP contribution is -2.35. The van der Waals surface area contributed by atoms with Gasteiger partial charge in [-0.3, -0.25) is 4.79 Å². The zero-order chi connectivity index (χ0) is 23.4. The van der Waals surface area contributed by atoms with E-state index in [0.717, 1.165) is 20.7 Å². The molecule has 0 spiro atoms. The first kappa shape index (κ1) is 23.6. The molecule has 0 atom stereocenters. The van der Waals surface area contributed by atoms with Gasteiger partial charge in [-0.1, -0.05) is 11.6 Å². The van der Waals surface area contributed by atoms with E-state index < -0.39 is 0 Å². The fourth-order valence-electron chi connectivity index (χ4n) is 2.93. The fraction of sp³-hybridized carbons (Fsp3) is 0.0870. The van der Waals surface area contributed by atoms with Gasteiger partial charge in [0.25, 0.3) is 0 Å². The minimum absolute atomic E-state index is 0.206. The Morgan fingerprint density at radius 1 is 1.18 bits per heavy atom. The van der Waals surface area contributed by atoms with Crippen LogP contribution in [0.2, 0.25) is 5.02 Å². The Hall–Kier alpha value is -2.59. The number of anilines is 1. The van der Waals surface area contributed by atoms with Crippen LogP contribution in [0.4, 0.5) is 5.69 Å². The maximum absolute atomic E-state index is 12.2. The number of thioether (sulfide) groups is 1. The standard InChI is InChI=1S/C23H17BrClN3O3S2/c1-30-19-8-2-13(10-17(19)24)22-27-18-11-15(5-9-20(18)31-22)26-23(32)28-21(29)12-33-16-6-3-14(25)4-7-16/h2-11H,12H2,1H3,(H2,26,28,29,32). The van der Waals surface area contributed by atoms with Gasteiger partial charge in [0.15, 0.2) is 10.7 Å². The molecule has 0 saturated heterocycles. The number of amides is 1. The van der Waals surface area contributed by atoms with Gasteiger partial charge in [-0.2, -0.15) is 0 Å². The number of rotatable bonds is 6. The Bertz CT molecular complexity index is 1330. The predicted octanol–water partition coefficient (Wildman–Crippen LogP) is 6.52. The first-order valence-corrected chi connectivity index (χ1v) is 12.2. The quantitative estimate of drug-likeness (QED) is 0.204. The number of benzene rings is 3. The number of nitrogens with zero attached hydrogens (tertiary/aromatic N) is 1. The summed E-state index contributed by atoms with van der Waals surface area (Å²) in [5, 5.41) is 6.55. The molecule has 0 aliphatic rings. The summed E-state index contributed by atoms with van der Waals surface area (Å²) in [5.74, 6) is 1.23.